The molecule has 2 aromatic rings. The van der Waals surface area contributed by atoms with Crippen LogP contribution in [0.3, 0.4) is 0 Å². The van der Waals surface area contributed by atoms with Gasteiger partial charge >= 0.3 is 0 Å². The quantitative estimate of drug-likeness (QED) is 0.806. The summed E-state index contributed by atoms with van der Waals surface area (Å²) < 4.78 is 1.98. The Morgan fingerprint density at radius 2 is 2.04 bits per heavy atom. The normalized spacial score (nSPS) is 19.1. The van der Waals surface area contributed by atoms with Crippen LogP contribution in [0.4, 0.5) is 11.8 Å². The van der Waals surface area contributed by atoms with E-state index in [9.17, 15) is 4.79 Å². The predicted molar refractivity (Wildman–Crippen MR) is 107 cm³/mol. The summed E-state index contributed by atoms with van der Waals surface area (Å²) in [4.78, 5) is 29.4. The molecular formula is C19H28N8O. The first-order chi connectivity index (χ1) is 13.4. The zero-order valence-electron chi connectivity index (χ0n) is 17.0. The Labute approximate surface area is 165 Å². The highest BCUT2D eigenvalue weighted by Gasteiger charge is 2.29. The molecule has 1 amide bonds. The van der Waals surface area contributed by atoms with Crippen molar-refractivity contribution >= 4 is 17.7 Å². The minimum Gasteiger partial charge on any atom is -0.354 e. The molecule has 2 aliphatic rings. The Morgan fingerprint density at radius 3 is 2.75 bits per heavy atom. The van der Waals surface area contributed by atoms with E-state index in [1.165, 1.54) is 17.7 Å². The second kappa shape index (κ2) is 7.37. The number of carbonyl (C=O) groups is 1. The summed E-state index contributed by atoms with van der Waals surface area (Å²) in [6.45, 7) is 6.57. The van der Waals surface area contributed by atoms with Crippen LogP contribution in [0.15, 0.2) is 6.33 Å². The molecule has 3 heterocycles. The zero-order valence-corrected chi connectivity index (χ0v) is 17.0. The van der Waals surface area contributed by atoms with Gasteiger partial charge in [-0.25, -0.2) is 14.6 Å². The van der Waals surface area contributed by atoms with Gasteiger partial charge in [-0.3, -0.25) is 4.79 Å². The molecule has 150 valence electrons. The van der Waals surface area contributed by atoms with Crippen LogP contribution in [0.2, 0.25) is 0 Å². The maximum atomic E-state index is 12.3. The summed E-state index contributed by atoms with van der Waals surface area (Å²) in [5, 5.41) is 7.90. The molecule has 1 N–H and O–H groups in total. The van der Waals surface area contributed by atoms with Crippen LogP contribution < -0.4 is 10.2 Å². The van der Waals surface area contributed by atoms with Crippen LogP contribution in [0.5, 0.6) is 0 Å². The van der Waals surface area contributed by atoms with Crippen LogP contribution in [-0.4, -0.2) is 68.8 Å². The average molecular weight is 384 g/mol. The van der Waals surface area contributed by atoms with Crippen molar-refractivity contribution in [1.82, 2.24) is 29.6 Å². The van der Waals surface area contributed by atoms with E-state index in [0.29, 0.717) is 0 Å². The van der Waals surface area contributed by atoms with E-state index in [2.05, 4.69) is 30.3 Å². The Kier molecular flexibility index (Phi) is 4.91. The number of nitrogens with one attached hydrogen (secondary N) is 1. The monoisotopic (exact) mass is 384 g/mol. The fourth-order valence-electron chi connectivity index (χ4n) is 3.52. The third-order valence-corrected chi connectivity index (χ3v) is 5.53. The van der Waals surface area contributed by atoms with Gasteiger partial charge in [0, 0.05) is 51.0 Å². The van der Waals surface area contributed by atoms with Gasteiger partial charge in [0.25, 0.3) is 5.91 Å². The molecule has 0 aromatic carbocycles. The van der Waals surface area contributed by atoms with Crippen molar-refractivity contribution in [2.75, 3.05) is 37.4 Å². The molecule has 1 atom stereocenters. The second-order valence-corrected chi connectivity index (χ2v) is 8.07. The van der Waals surface area contributed by atoms with Gasteiger partial charge in [-0.15, -0.1) is 0 Å². The van der Waals surface area contributed by atoms with Crippen molar-refractivity contribution in [3.8, 4) is 0 Å². The summed E-state index contributed by atoms with van der Waals surface area (Å²) in [6, 6.07) is 0.268. The predicted octanol–water partition coefficient (Wildman–Crippen LogP) is 1.49. The summed E-state index contributed by atoms with van der Waals surface area (Å²) in [6.07, 6.45) is 5.18. The molecule has 0 spiro atoms. The number of hydrogen-bond acceptors (Lipinski definition) is 7. The lowest BCUT2D eigenvalue weighted by Crippen LogP contribution is -2.30. The molecule has 2 fully saturated rings. The molecule has 1 saturated heterocycles. The summed E-state index contributed by atoms with van der Waals surface area (Å²) >= 11 is 0. The number of aryl methyl sites for hydroxylation is 1. The fourth-order valence-corrected chi connectivity index (χ4v) is 3.52. The molecule has 2 aromatic heterocycles. The Bertz CT molecular complexity index is 873. The first kappa shape index (κ1) is 18.6. The minimum atomic E-state index is -0.175. The number of rotatable bonds is 6. The molecule has 1 aliphatic carbocycles. The average Bonchev–Trinajstić information content (AvgIpc) is 3.18. The van der Waals surface area contributed by atoms with E-state index in [1.54, 1.807) is 20.4 Å². The Hall–Kier alpha value is -2.71. The first-order valence-electron chi connectivity index (χ1n) is 9.88. The third-order valence-electron chi connectivity index (χ3n) is 5.53. The molecule has 28 heavy (non-hydrogen) atoms. The van der Waals surface area contributed by atoms with Crippen LogP contribution in [-0.2, 0) is 6.54 Å². The van der Waals surface area contributed by atoms with Crippen LogP contribution in [0, 0.1) is 19.8 Å². The fraction of sp³-hybridized carbons (Fsp3) is 0.632. The second-order valence-electron chi connectivity index (χ2n) is 8.07. The van der Waals surface area contributed by atoms with Crippen LogP contribution in [0.1, 0.15) is 41.1 Å². The number of nitrogens with zero attached hydrogens (tertiary/aromatic N) is 7. The first-order valence-corrected chi connectivity index (χ1v) is 9.88. The van der Waals surface area contributed by atoms with Gasteiger partial charge in [-0.1, -0.05) is 0 Å². The summed E-state index contributed by atoms with van der Waals surface area (Å²) in [7, 11) is 3.43. The lowest BCUT2D eigenvalue weighted by atomic mass is 10.2. The van der Waals surface area contributed by atoms with Gasteiger partial charge in [-0.05, 0) is 39.0 Å². The molecule has 1 saturated carbocycles. The molecule has 4 rings (SSSR count). The highest BCUT2D eigenvalue weighted by molar-refractivity contribution is 5.90. The lowest BCUT2D eigenvalue weighted by molar-refractivity contribution is 0.0815. The number of aromatic nitrogens is 5. The standard InChI is InChI=1S/C19H28N8O/c1-12-13(2)22-16(18(28)25(3)4)24-17(12)26-8-7-15(10-26)23-19-20-11-21-27(19)9-14-5-6-14/h11,14-15H,5-10H2,1-4H3,(H,20,21,23)/t15-/m1/s1. The van der Waals surface area contributed by atoms with Gasteiger partial charge in [0.15, 0.2) is 0 Å². The lowest BCUT2D eigenvalue weighted by Gasteiger charge is -2.22. The topological polar surface area (TPSA) is 92.1 Å². The van der Waals surface area contributed by atoms with E-state index in [0.717, 1.165) is 55.0 Å². The zero-order chi connectivity index (χ0) is 19.8. The molecule has 9 heteroatoms. The number of carbonyl (C=O) groups excluding carboxylic acids is 1. The van der Waals surface area contributed by atoms with Crippen molar-refractivity contribution in [3.63, 3.8) is 0 Å². The van der Waals surface area contributed by atoms with Crippen LogP contribution in [0.25, 0.3) is 0 Å². The number of hydrogen-bond donors (Lipinski definition) is 1. The van der Waals surface area contributed by atoms with Crippen LogP contribution >= 0.6 is 0 Å². The molecule has 0 bridgehead atoms. The smallest absolute Gasteiger partial charge is 0.291 e. The van der Waals surface area contributed by atoms with E-state index >= 15 is 0 Å². The van der Waals surface area contributed by atoms with Gasteiger partial charge in [0.1, 0.15) is 12.1 Å². The van der Waals surface area contributed by atoms with E-state index in [4.69, 9.17) is 0 Å². The van der Waals surface area contributed by atoms with Gasteiger partial charge in [-0.2, -0.15) is 10.1 Å². The van der Waals surface area contributed by atoms with Gasteiger partial charge < -0.3 is 15.1 Å². The van der Waals surface area contributed by atoms with Crippen molar-refractivity contribution < 1.29 is 4.79 Å². The van der Waals surface area contributed by atoms with Crippen molar-refractivity contribution in [1.29, 1.82) is 0 Å². The Balaban J connectivity index is 1.48. The van der Waals surface area contributed by atoms with Crippen molar-refractivity contribution in [2.45, 2.75) is 45.7 Å². The van der Waals surface area contributed by atoms with Gasteiger partial charge in [0.05, 0.1) is 0 Å². The highest BCUT2D eigenvalue weighted by Crippen LogP contribution is 2.31. The summed E-state index contributed by atoms with van der Waals surface area (Å²) in [5.41, 5.74) is 1.86. The highest BCUT2D eigenvalue weighted by atomic mass is 16.2. The number of amides is 1. The maximum absolute atomic E-state index is 12.3. The van der Waals surface area contributed by atoms with E-state index < -0.39 is 0 Å². The van der Waals surface area contributed by atoms with Gasteiger partial charge in [0.2, 0.25) is 11.8 Å². The molecule has 1 aliphatic heterocycles. The van der Waals surface area contributed by atoms with Crippen molar-refractivity contribution in [2.24, 2.45) is 5.92 Å². The van der Waals surface area contributed by atoms with E-state index in [1.807, 2.05) is 18.5 Å². The van der Waals surface area contributed by atoms with Crippen molar-refractivity contribution in [3.05, 3.63) is 23.4 Å². The molecule has 9 nitrogen and oxygen atoms in total. The van der Waals surface area contributed by atoms with E-state index in [-0.39, 0.29) is 17.8 Å². The number of anilines is 2. The largest absolute Gasteiger partial charge is 0.354 e. The summed E-state index contributed by atoms with van der Waals surface area (Å²) in [5.74, 6) is 2.52. The Morgan fingerprint density at radius 1 is 1.25 bits per heavy atom. The molecular weight excluding hydrogens is 356 g/mol. The molecule has 0 radical (unpaired) electrons. The third kappa shape index (κ3) is 3.79. The maximum Gasteiger partial charge on any atom is 0.291 e. The molecule has 0 unspecified atom stereocenters. The minimum absolute atomic E-state index is 0.175. The SMILES string of the molecule is Cc1nc(C(=O)N(C)C)nc(N2CC[C@@H](Nc3ncnn3CC3CC3)C2)c1C.